The van der Waals surface area contributed by atoms with E-state index in [0.29, 0.717) is 25.7 Å². The number of carboxylic acid groups (broad SMARTS) is 1. The lowest BCUT2D eigenvalue weighted by Gasteiger charge is -2.44. The SMILES string of the molecule is COC1CCC(C(=O)O)(N(C(=O)OCC2c3ccccc3-c3ccccc32)C2CC2)CC1. The van der Waals surface area contributed by atoms with E-state index in [4.69, 9.17) is 9.47 Å². The van der Waals surface area contributed by atoms with Gasteiger partial charge in [-0.1, -0.05) is 48.5 Å². The van der Waals surface area contributed by atoms with Crippen molar-refractivity contribution in [3.05, 3.63) is 59.7 Å². The van der Waals surface area contributed by atoms with Gasteiger partial charge in [0, 0.05) is 19.1 Å². The van der Waals surface area contributed by atoms with Gasteiger partial charge < -0.3 is 14.6 Å². The van der Waals surface area contributed by atoms with E-state index in [9.17, 15) is 14.7 Å². The van der Waals surface area contributed by atoms with Crippen molar-refractivity contribution in [1.82, 2.24) is 4.90 Å². The molecule has 0 heterocycles. The fourth-order valence-corrected chi connectivity index (χ4v) is 5.53. The number of carbonyl (C=O) groups excluding carboxylic acids is 1. The molecule has 6 heteroatoms. The Morgan fingerprint density at radius 1 is 0.969 bits per heavy atom. The summed E-state index contributed by atoms with van der Waals surface area (Å²) < 4.78 is 11.3. The minimum atomic E-state index is -1.21. The molecule has 0 aromatic heterocycles. The quantitative estimate of drug-likeness (QED) is 0.705. The summed E-state index contributed by atoms with van der Waals surface area (Å²) in [4.78, 5) is 27.4. The maximum atomic E-state index is 13.4. The predicted octanol–water partition coefficient (Wildman–Crippen LogP) is 4.81. The molecule has 2 aromatic carbocycles. The maximum absolute atomic E-state index is 13.4. The van der Waals surface area contributed by atoms with Crippen LogP contribution >= 0.6 is 0 Å². The number of methoxy groups -OCH3 is 1. The second-order valence-corrected chi connectivity index (χ2v) is 9.18. The Balaban J connectivity index is 1.37. The highest BCUT2D eigenvalue weighted by molar-refractivity contribution is 5.85. The van der Waals surface area contributed by atoms with Crippen molar-refractivity contribution in [3.63, 3.8) is 0 Å². The van der Waals surface area contributed by atoms with Crippen LogP contribution in [0.3, 0.4) is 0 Å². The molecule has 0 radical (unpaired) electrons. The summed E-state index contributed by atoms with van der Waals surface area (Å²) in [5.41, 5.74) is 3.42. The van der Waals surface area contributed by atoms with Crippen LogP contribution in [0.25, 0.3) is 11.1 Å². The lowest BCUT2D eigenvalue weighted by molar-refractivity contribution is -0.155. The van der Waals surface area contributed by atoms with Gasteiger partial charge in [-0.15, -0.1) is 0 Å². The normalized spacial score (nSPS) is 24.5. The average Bonchev–Trinajstić information content (AvgIpc) is 3.60. The number of carbonyl (C=O) groups is 2. The Hall–Kier alpha value is -2.86. The summed E-state index contributed by atoms with van der Waals surface area (Å²) in [5, 5.41) is 10.2. The third-order valence-electron chi connectivity index (χ3n) is 7.40. The Labute approximate surface area is 188 Å². The molecule has 6 nitrogen and oxygen atoms in total. The molecule has 1 amide bonds. The molecule has 3 aliphatic carbocycles. The van der Waals surface area contributed by atoms with Crippen LogP contribution in [0, 0.1) is 0 Å². The molecule has 1 N–H and O–H groups in total. The Kier molecular flexibility index (Phi) is 5.41. The van der Waals surface area contributed by atoms with Crippen molar-refractivity contribution in [1.29, 1.82) is 0 Å². The molecule has 2 fully saturated rings. The second kappa shape index (κ2) is 8.24. The third kappa shape index (κ3) is 3.47. The van der Waals surface area contributed by atoms with E-state index >= 15 is 0 Å². The van der Waals surface area contributed by atoms with Crippen molar-refractivity contribution in [2.24, 2.45) is 0 Å². The average molecular weight is 436 g/mol. The maximum Gasteiger partial charge on any atom is 0.411 e. The first-order chi connectivity index (χ1) is 15.5. The van der Waals surface area contributed by atoms with E-state index in [0.717, 1.165) is 24.0 Å². The first-order valence-electron chi connectivity index (χ1n) is 11.5. The summed E-state index contributed by atoms with van der Waals surface area (Å²) in [6.45, 7) is 0.201. The van der Waals surface area contributed by atoms with Crippen LogP contribution in [0.1, 0.15) is 55.6 Å². The second-order valence-electron chi connectivity index (χ2n) is 9.18. The van der Waals surface area contributed by atoms with Crippen molar-refractivity contribution in [2.45, 2.75) is 62.1 Å². The van der Waals surface area contributed by atoms with E-state index < -0.39 is 17.6 Å². The number of benzene rings is 2. The number of hydrogen-bond donors (Lipinski definition) is 1. The first-order valence-corrected chi connectivity index (χ1v) is 11.5. The zero-order chi connectivity index (χ0) is 22.3. The fraction of sp³-hybridized carbons (Fsp3) is 0.462. The molecule has 0 spiro atoms. The molecule has 5 rings (SSSR count). The van der Waals surface area contributed by atoms with Gasteiger partial charge in [-0.3, -0.25) is 4.90 Å². The predicted molar refractivity (Wildman–Crippen MR) is 120 cm³/mol. The zero-order valence-electron chi connectivity index (χ0n) is 18.3. The van der Waals surface area contributed by atoms with E-state index in [1.54, 1.807) is 12.0 Å². The van der Waals surface area contributed by atoms with Crippen molar-refractivity contribution < 1.29 is 24.2 Å². The number of amides is 1. The van der Waals surface area contributed by atoms with Crippen LogP contribution in [0.2, 0.25) is 0 Å². The monoisotopic (exact) mass is 435 g/mol. The van der Waals surface area contributed by atoms with Crippen LogP contribution < -0.4 is 0 Å². The number of carboxylic acids is 1. The molecular weight excluding hydrogens is 406 g/mol. The Bertz CT molecular complexity index is 977. The highest BCUT2D eigenvalue weighted by atomic mass is 16.6. The van der Waals surface area contributed by atoms with Crippen LogP contribution in [0.5, 0.6) is 0 Å². The minimum Gasteiger partial charge on any atom is -0.479 e. The van der Waals surface area contributed by atoms with Gasteiger partial charge in [0.15, 0.2) is 0 Å². The first kappa shape index (κ1) is 21.0. The molecule has 168 valence electrons. The molecule has 0 unspecified atom stereocenters. The molecule has 2 aromatic rings. The van der Waals surface area contributed by atoms with E-state index in [1.165, 1.54) is 11.1 Å². The topological polar surface area (TPSA) is 76.1 Å². The van der Waals surface area contributed by atoms with E-state index in [2.05, 4.69) is 24.3 Å². The molecule has 3 aliphatic rings. The van der Waals surface area contributed by atoms with Crippen molar-refractivity contribution in [2.75, 3.05) is 13.7 Å². The summed E-state index contributed by atoms with van der Waals surface area (Å²) in [7, 11) is 1.66. The van der Waals surface area contributed by atoms with E-state index in [1.807, 2.05) is 24.3 Å². The number of hydrogen-bond acceptors (Lipinski definition) is 4. The molecular formula is C26H29NO5. The third-order valence-corrected chi connectivity index (χ3v) is 7.40. The Morgan fingerprint density at radius 3 is 2.03 bits per heavy atom. The highest BCUT2D eigenvalue weighted by Gasteiger charge is 2.54. The van der Waals surface area contributed by atoms with Gasteiger partial charge in [0.2, 0.25) is 0 Å². The lowest BCUT2D eigenvalue weighted by Crippen LogP contribution is -2.60. The molecule has 0 saturated heterocycles. The number of rotatable bonds is 6. The Morgan fingerprint density at radius 2 is 1.53 bits per heavy atom. The van der Waals surface area contributed by atoms with Gasteiger partial charge in [0.05, 0.1) is 6.10 Å². The van der Waals surface area contributed by atoms with Gasteiger partial charge in [-0.25, -0.2) is 9.59 Å². The van der Waals surface area contributed by atoms with Crippen molar-refractivity contribution in [3.8, 4) is 11.1 Å². The summed E-state index contributed by atoms with van der Waals surface area (Å²) in [6.07, 6.45) is 3.23. The molecule has 32 heavy (non-hydrogen) atoms. The lowest BCUT2D eigenvalue weighted by atomic mass is 9.79. The zero-order valence-corrected chi connectivity index (χ0v) is 18.3. The number of nitrogens with zero attached hydrogens (tertiary/aromatic N) is 1. The van der Waals surface area contributed by atoms with Gasteiger partial charge >= 0.3 is 12.1 Å². The van der Waals surface area contributed by atoms with Crippen molar-refractivity contribution >= 4 is 12.1 Å². The van der Waals surface area contributed by atoms with Crippen LogP contribution in [-0.4, -0.2) is 53.5 Å². The van der Waals surface area contributed by atoms with Gasteiger partial charge in [-0.2, -0.15) is 0 Å². The summed E-state index contributed by atoms with van der Waals surface area (Å²) >= 11 is 0. The standard InChI is InChI=1S/C26H29NO5/c1-31-18-12-14-26(15-13-18,24(28)29)27(17-10-11-17)25(30)32-16-23-21-8-4-2-6-19(21)20-7-3-5-9-22(20)23/h2-9,17-18,23H,10-16H2,1H3,(H,28,29). The van der Waals surface area contributed by atoms with Crippen LogP contribution in [-0.2, 0) is 14.3 Å². The minimum absolute atomic E-state index is 0.0441. The van der Waals surface area contributed by atoms with Crippen LogP contribution in [0.15, 0.2) is 48.5 Å². The van der Waals surface area contributed by atoms with Crippen LogP contribution in [0.4, 0.5) is 4.79 Å². The number of fused-ring (bicyclic) bond motifs is 3. The largest absolute Gasteiger partial charge is 0.479 e. The summed E-state index contributed by atoms with van der Waals surface area (Å²) in [5.74, 6) is -0.982. The van der Waals surface area contributed by atoms with Gasteiger partial charge in [-0.05, 0) is 60.8 Å². The number of aliphatic carboxylic acids is 1. The van der Waals surface area contributed by atoms with E-state index in [-0.39, 0.29) is 24.7 Å². The fourth-order valence-electron chi connectivity index (χ4n) is 5.53. The smallest absolute Gasteiger partial charge is 0.411 e. The molecule has 0 atom stereocenters. The molecule has 0 aliphatic heterocycles. The molecule has 0 bridgehead atoms. The summed E-state index contributed by atoms with van der Waals surface area (Å²) in [6, 6.07) is 16.3. The molecule has 2 saturated carbocycles. The number of ether oxygens (including phenoxy) is 2. The van der Waals surface area contributed by atoms with Gasteiger partial charge in [0.25, 0.3) is 0 Å². The van der Waals surface area contributed by atoms with Gasteiger partial charge in [0.1, 0.15) is 12.1 Å². The highest BCUT2D eigenvalue weighted by Crippen LogP contribution is 2.46.